The van der Waals surface area contributed by atoms with Crippen LogP contribution < -0.4 is 0 Å². The Labute approximate surface area is 153 Å². The zero-order chi connectivity index (χ0) is 18.3. The van der Waals surface area contributed by atoms with Gasteiger partial charge in [-0.1, -0.05) is 29.8 Å². The van der Waals surface area contributed by atoms with Crippen LogP contribution in [0.2, 0.25) is 5.15 Å². The Bertz CT molecular complexity index is 1070. The van der Waals surface area contributed by atoms with Crippen molar-refractivity contribution in [1.82, 2.24) is 14.9 Å². The summed E-state index contributed by atoms with van der Waals surface area (Å²) in [5, 5.41) is 10.8. The second-order valence-electron chi connectivity index (χ2n) is 5.96. The molecule has 1 aromatic carbocycles. The number of H-pyrrole nitrogens is 1. The Kier molecular flexibility index (Phi) is 3.97. The molecule has 1 amide bonds. The van der Waals surface area contributed by atoms with Crippen molar-refractivity contribution in [3.05, 3.63) is 70.8 Å². The summed E-state index contributed by atoms with van der Waals surface area (Å²) >= 11 is 6.02. The van der Waals surface area contributed by atoms with Gasteiger partial charge in [-0.25, -0.2) is 9.78 Å². The molecule has 0 bridgehead atoms. The first-order chi connectivity index (χ1) is 12.6. The number of carbonyl (C=O) groups excluding carboxylic acids is 1. The molecule has 3 aromatic rings. The fourth-order valence-electron chi connectivity index (χ4n) is 3.23. The number of carboxylic acids is 1. The fourth-order valence-corrected chi connectivity index (χ4v) is 3.43. The molecule has 6 nitrogen and oxygen atoms in total. The number of hydrogen-bond acceptors (Lipinski definition) is 3. The number of aromatic nitrogens is 2. The van der Waals surface area contributed by atoms with Crippen LogP contribution in [-0.2, 0) is 11.2 Å². The number of hydrogen-bond donors (Lipinski definition) is 2. The predicted octanol–water partition coefficient (Wildman–Crippen LogP) is 3.34. The molecule has 0 spiro atoms. The van der Waals surface area contributed by atoms with Gasteiger partial charge in [0.1, 0.15) is 5.15 Å². The second-order valence-corrected chi connectivity index (χ2v) is 6.32. The average molecular weight is 368 g/mol. The molecule has 7 heteroatoms. The van der Waals surface area contributed by atoms with Crippen LogP contribution in [0, 0.1) is 0 Å². The lowest BCUT2D eigenvalue weighted by molar-refractivity contribution is -0.130. The second kappa shape index (κ2) is 6.31. The lowest BCUT2D eigenvalue weighted by Crippen LogP contribution is -2.28. The quantitative estimate of drug-likeness (QED) is 0.680. The number of aromatic amines is 1. The van der Waals surface area contributed by atoms with Crippen molar-refractivity contribution in [3.63, 3.8) is 0 Å². The molecule has 26 heavy (non-hydrogen) atoms. The monoisotopic (exact) mass is 367 g/mol. The number of pyridine rings is 1. The molecule has 4 rings (SSSR count). The zero-order valence-corrected chi connectivity index (χ0v) is 14.3. The molecule has 3 heterocycles. The Hall–Kier alpha value is -3.12. The van der Waals surface area contributed by atoms with E-state index in [1.165, 1.54) is 17.3 Å². The highest BCUT2D eigenvalue weighted by Gasteiger charge is 2.27. The van der Waals surface area contributed by atoms with Crippen molar-refractivity contribution in [2.45, 2.75) is 6.42 Å². The molecule has 2 aromatic heterocycles. The molecule has 0 unspecified atom stereocenters. The van der Waals surface area contributed by atoms with Gasteiger partial charge in [0, 0.05) is 29.8 Å². The number of carbonyl (C=O) groups is 2. The molecule has 1 aliphatic rings. The molecule has 2 N–H and O–H groups in total. The maximum Gasteiger partial charge on any atom is 0.339 e. The Morgan fingerprint density at radius 1 is 1.19 bits per heavy atom. The molecule has 0 saturated heterocycles. The lowest BCUT2D eigenvalue weighted by Gasteiger charge is -2.17. The number of aliphatic carboxylic acids is 1. The number of rotatable bonds is 2. The molecule has 0 atom stereocenters. The van der Waals surface area contributed by atoms with Crippen LogP contribution in [-0.4, -0.2) is 38.4 Å². The van der Waals surface area contributed by atoms with Crippen molar-refractivity contribution in [1.29, 1.82) is 0 Å². The van der Waals surface area contributed by atoms with Gasteiger partial charge in [0.25, 0.3) is 5.91 Å². The summed E-state index contributed by atoms with van der Waals surface area (Å²) in [4.78, 5) is 33.2. The van der Waals surface area contributed by atoms with Crippen LogP contribution in [0.5, 0.6) is 0 Å². The van der Waals surface area contributed by atoms with Gasteiger partial charge in [-0.2, -0.15) is 0 Å². The van der Waals surface area contributed by atoms with Crippen molar-refractivity contribution >= 4 is 40.0 Å². The van der Waals surface area contributed by atoms with Crippen LogP contribution in [0.4, 0.5) is 0 Å². The first-order valence-electron chi connectivity index (χ1n) is 8.03. The highest BCUT2D eigenvalue weighted by molar-refractivity contribution is 6.32. The maximum atomic E-state index is 12.8. The number of halogens is 1. The number of nitrogens with zero attached hydrogens (tertiary/aromatic N) is 2. The van der Waals surface area contributed by atoms with E-state index in [-0.39, 0.29) is 22.2 Å². The number of carboxylic acid groups (broad SMARTS) is 1. The minimum absolute atomic E-state index is 0.0436. The molecule has 0 fully saturated rings. The summed E-state index contributed by atoms with van der Waals surface area (Å²) in [5.41, 5.74) is 2.58. The number of nitrogens with one attached hydrogen (secondary N) is 1. The Morgan fingerprint density at radius 3 is 2.77 bits per heavy atom. The van der Waals surface area contributed by atoms with E-state index in [0.717, 1.165) is 16.5 Å². The third kappa shape index (κ3) is 2.64. The summed E-state index contributed by atoms with van der Waals surface area (Å²) in [6.45, 7) is 0.343. The lowest BCUT2D eigenvalue weighted by atomic mass is 10.0. The molecule has 1 aliphatic heterocycles. The summed E-state index contributed by atoms with van der Waals surface area (Å²) in [7, 11) is 0. The van der Waals surface area contributed by atoms with E-state index in [4.69, 9.17) is 11.6 Å². The van der Waals surface area contributed by atoms with Gasteiger partial charge >= 0.3 is 5.97 Å². The normalized spacial score (nSPS) is 13.9. The smallest absolute Gasteiger partial charge is 0.339 e. The number of amides is 1. The van der Waals surface area contributed by atoms with Gasteiger partial charge in [0.15, 0.2) is 0 Å². The fraction of sp³-hybridized carbons (Fsp3) is 0.105. The standard InChI is InChI=1S/C19H14ClN3O3/c20-17-13(5-3-8-21-17)18(24)23-9-7-12-11-4-1-2-6-15(11)22-16(12)14(10-23)19(25)26/h1-6,8,10,22H,7,9H2,(H,25,26). The van der Waals surface area contributed by atoms with E-state index in [2.05, 4.69) is 9.97 Å². The van der Waals surface area contributed by atoms with Gasteiger partial charge in [-0.3, -0.25) is 4.79 Å². The van der Waals surface area contributed by atoms with E-state index >= 15 is 0 Å². The molecular weight excluding hydrogens is 354 g/mol. The van der Waals surface area contributed by atoms with Gasteiger partial charge in [0.05, 0.1) is 16.8 Å². The topological polar surface area (TPSA) is 86.3 Å². The Morgan fingerprint density at radius 2 is 2.00 bits per heavy atom. The largest absolute Gasteiger partial charge is 0.478 e. The summed E-state index contributed by atoms with van der Waals surface area (Å²) in [6.07, 6.45) is 3.39. The minimum Gasteiger partial charge on any atom is -0.478 e. The van der Waals surface area contributed by atoms with Crippen molar-refractivity contribution in [2.75, 3.05) is 6.54 Å². The Balaban J connectivity index is 1.81. The van der Waals surface area contributed by atoms with Gasteiger partial charge in [-0.05, 0) is 30.2 Å². The number of fused-ring (bicyclic) bond motifs is 3. The van der Waals surface area contributed by atoms with Crippen LogP contribution in [0.3, 0.4) is 0 Å². The molecule has 0 radical (unpaired) electrons. The predicted molar refractivity (Wildman–Crippen MR) is 97.9 cm³/mol. The van der Waals surface area contributed by atoms with Crippen LogP contribution in [0.1, 0.15) is 21.6 Å². The number of para-hydroxylation sites is 1. The molecule has 0 aliphatic carbocycles. The highest BCUT2D eigenvalue weighted by Crippen LogP contribution is 2.31. The van der Waals surface area contributed by atoms with E-state index in [9.17, 15) is 14.7 Å². The maximum absolute atomic E-state index is 12.8. The first kappa shape index (κ1) is 16.4. The molecular formula is C19H14ClN3O3. The van der Waals surface area contributed by atoms with Crippen molar-refractivity contribution in [3.8, 4) is 0 Å². The third-order valence-electron chi connectivity index (χ3n) is 4.45. The van der Waals surface area contributed by atoms with Gasteiger partial charge < -0.3 is 15.0 Å². The van der Waals surface area contributed by atoms with E-state index in [1.54, 1.807) is 12.1 Å². The van der Waals surface area contributed by atoms with Gasteiger partial charge in [0.2, 0.25) is 0 Å². The highest BCUT2D eigenvalue weighted by atomic mass is 35.5. The average Bonchev–Trinajstić information content (AvgIpc) is 2.88. The first-order valence-corrected chi connectivity index (χ1v) is 8.40. The zero-order valence-electron chi connectivity index (χ0n) is 13.6. The van der Waals surface area contributed by atoms with Crippen molar-refractivity contribution in [2.24, 2.45) is 0 Å². The molecule has 130 valence electrons. The van der Waals surface area contributed by atoms with Crippen LogP contribution >= 0.6 is 11.6 Å². The van der Waals surface area contributed by atoms with Crippen LogP contribution in [0.15, 0.2) is 48.8 Å². The van der Waals surface area contributed by atoms with E-state index in [1.807, 2.05) is 24.3 Å². The third-order valence-corrected chi connectivity index (χ3v) is 4.75. The summed E-state index contributed by atoms with van der Waals surface area (Å²) < 4.78 is 0. The minimum atomic E-state index is -1.10. The van der Waals surface area contributed by atoms with Gasteiger partial charge in [-0.15, -0.1) is 0 Å². The SMILES string of the molecule is O=C(O)C1=CN(C(=O)c2cccnc2Cl)CCc2c1[nH]c1ccccc21. The summed E-state index contributed by atoms with van der Waals surface area (Å²) in [5.74, 6) is -1.48. The molecule has 0 saturated carbocycles. The van der Waals surface area contributed by atoms with Crippen LogP contribution in [0.25, 0.3) is 16.5 Å². The van der Waals surface area contributed by atoms with E-state index in [0.29, 0.717) is 18.7 Å². The summed E-state index contributed by atoms with van der Waals surface area (Å²) in [6, 6.07) is 10.8. The van der Waals surface area contributed by atoms with Crippen molar-refractivity contribution < 1.29 is 14.7 Å². The van der Waals surface area contributed by atoms with E-state index < -0.39 is 5.97 Å². The number of benzene rings is 1.